The molecule has 3 aromatic rings. The maximum absolute atomic E-state index is 14.9. The molecule has 0 bridgehead atoms. The lowest BCUT2D eigenvalue weighted by Gasteiger charge is -2.63. The van der Waals surface area contributed by atoms with Crippen molar-refractivity contribution in [2.24, 2.45) is 16.7 Å². The average molecular weight is 838 g/mol. The molecule has 60 heavy (non-hydrogen) atoms. The number of anilines is 2. The van der Waals surface area contributed by atoms with Gasteiger partial charge < -0.3 is 19.9 Å². The zero-order valence-corrected chi connectivity index (χ0v) is 35.0. The monoisotopic (exact) mass is 837 g/mol. The second-order valence-electron chi connectivity index (χ2n) is 17.9. The van der Waals surface area contributed by atoms with Gasteiger partial charge in [0.2, 0.25) is 11.8 Å². The topological polar surface area (TPSA) is 155 Å². The number of piperidine rings is 2. The molecule has 4 heterocycles. The summed E-state index contributed by atoms with van der Waals surface area (Å²) in [5.41, 5.74) is 1.73. The van der Waals surface area contributed by atoms with E-state index in [2.05, 4.69) is 54.2 Å². The first-order chi connectivity index (χ1) is 28.6. The quantitative estimate of drug-likeness (QED) is 0.268. The van der Waals surface area contributed by atoms with Gasteiger partial charge in [0.15, 0.2) is 0 Å². The van der Waals surface area contributed by atoms with Gasteiger partial charge in [0, 0.05) is 86.4 Å². The van der Waals surface area contributed by atoms with Gasteiger partial charge in [-0.25, -0.2) is 4.39 Å². The van der Waals surface area contributed by atoms with E-state index in [1.165, 1.54) is 6.07 Å². The first-order valence-electron chi connectivity index (χ1n) is 20.6. The fraction of sp³-hybridized carbons (Fsp3) is 0.467. The van der Waals surface area contributed by atoms with Crippen molar-refractivity contribution in [3.63, 3.8) is 0 Å². The largest absolute Gasteiger partial charge is 0.489 e. The van der Waals surface area contributed by atoms with Crippen LogP contribution in [-0.4, -0.2) is 103 Å². The molecule has 1 aliphatic carbocycles. The number of ether oxygens (including phenoxy) is 1. The van der Waals surface area contributed by atoms with Gasteiger partial charge in [-0.15, -0.1) is 0 Å². The Balaban J connectivity index is 0.813. The van der Waals surface area contributed by atoms with Crippen molar-refractivity contribution < 1.29 is 33.1 Å². The molecule has 13 nitrogen and oxygen atoms in total. The zero-order valence-electron chi connectivity index (χ0n) is 34.2. The number of rotatable bonds is 9. The number of imide groups is 2. The van der Waals surface area contributed by atoms with E-state index < -0.39 is 35.5 Å². The number of halogens is 2. The van der Waals surface area contributed by atoms with Crippen LogP contribution >= 0.6 is 11.6 Å². The number of nitrogens with one attached hydrogen (secondary N) is 2. The minimum Gasteiger partial charge on any atom is -0.489 e. The second kappa shape index (κ2) is 15.8. The molecule has 0 radical (unpaired) electrons. The maximum atomic E-state index is 14.9. The number of nitriles is 1. The van der Waals surface area contributed by atoms with Gasteiger partial charge in [0.25, 0.3) is 17.7 Å². The van der Waals surface area contributed by atoms with Gasteiger partial charge in [-0.2, -0.15) is 5.26 Å². The lowest BCUT2D eigenvalue weighted by atomic mass is 9.49. The molecule has 15 heteroatoms. The van der Waals surface area contributed by atoms with E-state index >= 15 is 0 Å². The molecule has 1 saturated carbocycles. The van der Waals surface area contributed by atoms with Gasteiger partial charge in [0.05, 0.1) is 27.4 Å². The number of piperazine rings is 1. The predicted molar refractivity (Wildman–Crippen MR) is 223 cm³/mol. The molecular formula is C45H49ClFN7O6. The van der Waals surface area contributed by atoms with Gasteiger partial charge in [0.1, 0.15) is 29.8 Å². The third-order valence-corrected chi connectivity index (χ3v) is 13.6. The van der Waals surface area contributed by atoms with E-state index in [1.807, 2.05) is 29.2 Å². The summed E-state index contributed by atoms with van der Waals surface area (Å²) in [6.07, 6.45) is 1.52. The second-order valence-corrected chi connectivity index (χ2v) is 18.3. The molecular weight excluding hydrogens is 789 g/mol. The van der Waals surface area contributed by atoms with E-state index in [9.17, 15) is 33.6 Å². The molecule has 4 fully saturated rings. The fourth-order valence-corrected chi connectivity index (χ4v) is 10.5. The number of carbonyl (C=O) groups is 5. The molecule has 1 atom stereocenters. The van der Waals surface area contributed by atoms with Crippen LogP contribution in [0.5, 0.6) is 5.75 Å². The lowest BCUT2D eigenvalue weighted by Crippen LogP contribution is -2.74. The Hall–Kier alpha value is -5.52. The van der Waals surface area contributed by atoms with Crippen LogP contribution in [-0.2, 0) is 9.59 Å². The predicted octanol–water partition coefficient (Wildman–Crippen LogP) is 5.40. The molecule has 1 unspecified atom stereocenters. The van der Waals surface area contributed by atoms with Crippen LogP contribution in [0.3, 0.4) is 0 Å². The number of amides is 5. The first kappa shape index (κ1) is 41.2. The summed E-state index contributed by atoms with van der Waals surface area (Å²) in [6.45, 7) is 13.9. The van der Waals surface area contributed by atoms with E-state index in [1.54, 1.807) is 18.2 Å². The summed E-state index contributed by atoms with van der Waals surface area (Å²) in [6, 6.07) is 16.0. The number of fused-ring (bicyclic) bond motifs is 1. The Kier molecular flexibility index (Phi) is 10.9. The van der Waals surface area contributed by atoms with Crippen LogP contribution in [0.25, 0.3) is 0 Å². The average Bonchev–Trinajstić information content (AvgIpc) is 3.47. The van der Waals surface area contributed by atoms with Crippen molar-refractivity contribution in [3.8, 4) is 11.8 Å². The zero-order chi connectivity index (χ0) is 42.7. The molecule has 0 spiro atoms. The smallest absolute Gasteiger partial charge is 0.264 e. The SMILES string of the molecule is CC1(C)C(NC(=O)c2ccc(N3CCN(CC4CCN(c5cc(F)cc6c5C(=O)N(C5CCC(=O)NC5=O)C6=O)CC4)CC3)cc2)C(C)(C)C1Oc1ccc(C#N)c(Cl)c1. The molecule has 5 amide bonds. The Bertz CT molecular complexity index is 2280. The molecule has 314 valence electrons. The maximum Gasteiger partial charge on any atom is 0.264 e. The molecule has 2 N–H and O–H groups in total. The fourth-order valence-electron chi connectivity index (χ4n) is 10.3. The lowest BCUT2D eigenvalue weighted by molar-refractivity contribution is -0.164. The molecule has 3 aromatic carbocycles. The first-order valence-corrected chi connectivity index (χ1v) is 21.0. The van der Waals surface area contributed by atoms with Crippen molar-refractivity contribution in [2.75, 3.05) is 55.6 Å². The summed E-state index contributed by atoms with van der Waals surface area (Å²) in [5.74, 6) is -2.27. The minimum absolute atomic E-state index is 0.0130. The van der Waals surface area contributed by atoms with E-state index in [0.717, 1.165) is 62.2 Å². The van der Waals surface area contributed by atoms with Crippen molar-refractivity contribution in [2.45, 2.75) is 71.6 Å². The van der Waals surface area contributed by atoms with E-state index in [-0.39, 0.29) is 52.9 Å². The summed E-state index contributed by atoms with van der Waals surface area (Å²) in [7, 11) is 0. The molecule has 0 aromatic heterocycles. The standard InChI is InChI=1S/C45H49ClFN7O6/c1-44(2)42(45(3,4)43(44)60-31-10-7-28(24-48)33(46)23-31)50-38(56)27-5-8-30(9-6-27)52-19-17-51(18-20-52)25-26-13-15-53(16-14-26)35-22-29(47)21-32-37(35)41(59)54(40(32)58)34-11-12-36(55)49-39(34)57/h5-10,21-23,26,34,42-43H,11-20,25H2,1-4H3,(H,50,56)(H,49,55,57). The number of carbonyl (C=O) groups excluding carboxylic acids is 5. The van der Waals surface area contributed by atoms with Gasteiger partial charge in [-0.3, -0.25) is 39.1 Å². The Morgan fingerprint density at radius 3 is 2.22 bits per heavy atom. The van der Waals surface area contributed by atoms with Crippen LogP contribution in [0.15, 0.2) is 54.6 Å². The van der Waals surface area contributed by atoms with Crippen LogP contribution in [0.2, 0.25) is 5.02 Å². The van der Waals surface area contributed by atoms with E-state index in [4.69, 9.17) is 16.3 Å². The molecule has 5 aliphatic rings. The third-order valence-electron chi connectivity index (χ3n) is 13.3. The van der Waals surface area contributed by atoms with Crippen LogP contribution in [0.4, 0.5) is 15.8 Å². The minimum atomic E-state index is -1.11. The van der Waals surface area contributed by atoms with Crippen LogP contribution in [0, 0.1) is 33.9 Å². The summed E-state index contributed by atoms with van der Waals surface area (Å²) in [4.78, 5) is 72.4. The number of hydrogen-bond donors (Lipinski definition) is 2. The highest BCUT2D eigenvalue weighted by molar-refractivity contribution is 6.31. The Morgan fingerprint density at radius 2 is 1.58 bits per heavy atom. The van der Waals surface area contributed by atoms with Crippen molar-refractivity contribution in [1.82, 2.24) is 20.4 Å². The number of hydrogen-bond acceptors (Lipinski definition) is 10. The summed E-state index contributed by atoms with van der Waals surface area (Å²) >= 11 is 6.25. The Labute approximate surface area is 353 Å². The van der Waals surface area contributed by atoms with Crippen molar-refractivity contribution in [3.05, 3.63) is 87.7 Å². The number of benzene rings is 3. The van der Waals surface area contributed by atoms with Crippen LogP contribution < -0.4 is 25.2 Å². The normalized spacial score (nSPS) is 24.1. The number of nitrogens with zero attached hydrogens (tertiary/aromatic N) is 5. The van der Waals surface area contributed by atoms with Gasteiger partial charge >= 0.3 is 0 Å². The van der Waals surface area contributed by atoms with Gasteiger partial charge in [-0.1, -0.05) is 39.3 Å². The Morgan fingerprint density at radius 1 is 0.900 bits per heavy atom. The van der Waals surface area contributed by atoms with Crippen LogP contribution in [0.1, 0.15) is 90.0 Å². The summed E-state index contributed by atoms with van der Waals surface area (Å²) < 4.78 is 21.3. The molecule has 4 aliphatic heterocycles. The van der Waals surface area contributed by atoms with Crippen molar-refractivity contribution >= 4 is 52.5 Å². The van der Waals surface area contributed by atoms with E-state index in [0.29, 0.717) is 46.6 Å². The molecule has 8 rings (SSSR count). The van der Waals surface area contributed by atoms with Gasteiger partial charge in [-0.05, 0) is 73.7 Å². The third kappa shape index (κ3) is 7.47. The highest BCUT2D eigenvalue weighted by Crippen LogP contribution is 2.55. The highest BCUT2D eigenvalue weighted by Gasteiger charge is 2.64. The highest BCUT2D eigenvalue weighted by atomic mass is 35.5. The molecule has 3 saturated heterocycles. The van der Waals surface area contributed by atoms with Crippen molar-refractivity contribution in [1.29, 1.82) is 5.26 Å². The summed E-state index contributed by atoms with van der Waals surface area (Å²) in [5, 5.41) is 15.0.